The molecule has 1 N–H and O–H groups in total. The summed E-state index contributed by atoms with van der Waals surface area (Å²) in [4.78, 5) is 0. The molecule has 0 amide bonds. The van der Waals surface area contributed by atoms with E-state index in [1.807, 2.05) is 11.3 Å². The second-order valence-corrected chi connectivity index (χ2v) is 24.4. The molecule has 0 unspecified atom stereocenters. The van der Waals surface area contributed by atoms with Crippen LogP contribution >= 0.6 is 11.3 Å². The average molecular weight is 899 g/mol. The maximum atomic E-state index is 6.63. The van der Waals surface area contributed by atoms with E-state index in [0.717, 1.165) is 35.2 Å². The Kier molecular flexibility index (Phi) is 7.96. The largest absolute Gasteiger partial charge is 0.456 e. The number of hydrogen-bond donors (Lipinski definition) is 1. The summed E-state index contributed by atoms with van der Waals surface area (Å²) < 4.78 is 11.9. The quantitative estimate of drug-likeness (QED) is 0.179. The molecule has 2 aliphatic carbocycles. The molecule has 5 heteroatoms. The van der Waals surface area contributed by atoms with Gasteiger partial charge in [0.2, 0.25) is 0 Å². The van der Waals surface area contributed by atoms with Gasteiger partial charge in [0, 0.05) is 81.3 Å². The van der Waals surface area contributed by atoms with Gasteiger partial charge in [0.1, 0.15) is 11.2 Å². The first-order chi connectivity index (χ1) is 32.5. The monoisotopic (exact) mass is 898 g/mol. The number of furan rings is 1. The van der Waals surface area contributed by atoms with Crippen LogP contribution in [-0.4, -0.2) is 11.8 Å². The fourth-order valence-electron chi connectivity index (χ4n) is 12.8. The number of aromatic nitrogens is 1. The number of rotatable bonds is 3. The van der Waals surface area contributed by atoms with E-state index in [2.05, 4.69) is 206 Å². The van der Waals surface area contributed by atoms with E-state index in [-0.39, 0.29) is 21.7 Å². The van der Waals surface area contributed by atoms with E-state index in [9.17, 15) is 0 Å². The summed E-state index contributed by atoms with van der Waals surface area (Å²) in [6.07, 6.45) is 2.40. The highest BCUT2D eigenvalue weighted by Gasteiger charge is 2.39. The van der Waals surface area contributed by atoms with E-state index in [4.69, 9.17) is 4.42 Å². The van der Waals surface area contributed by atoms with E-state index >= 15 is 0 Å². The SMILES string of the molecule is CC(C)(C)c1ccc(Nc2cc3c(cc2-c2ccc4c5cc6c(cc5n5c4c2Bc2cc4c(cc2-5)oc2ccccc24)-c2ccccc2C6(C)C)sc2cc4c(cc23)C(C)(C)CCC4(C)C)cc1. The molecule has 0 spiro atoms. The highest BCUT2D eigenvalue weighted by Crippen LogP contribution is 2.53. The van der Waals surface area contributed by atoms with E-state index < -0.39 is 0 Å². The minimum absolute atomic E-state index is 0.0695. The zero-order chi connectivity index (χ0) is 46.4. The summed E-state index contributed by atoms with van der Waals surface area (Å²) in [7, 11) is 0.808. The minimum atomic E-state index is -0.105. The Hall–Kier alpha value is -6.56. The Bertz CT molecular complexity index is 4030. The number of thiophene rings is 1. The number of hydrogen-bond acceptors (Lipinski definition) is 3. The molecular weight excluding hydrogens is 844 g/mol. The van der Waals surface area contributed by atoms with Crippen LogP contribution in [-0.2, 0) is 21.7 Å². The molecule has 3 aliphatic rings. The Morgan fingerprint density at radius 2 is 1.26 bits per heavy atom. The van der Waals surface area contributed by atoms with Gasteiger partial charge in [-0.1, -0.05) is 141 Å². The number of nitrogens with zero attached hydrogens (tertiary/aromatic N) is 1. The fraction of sp³-hybridized carbons (Fsp3) is 0.238. The van der Waals surface area contributed by atoms with Crippen molar-refractivity contribution in [1.82, 2.24) is 4.57 Å². The predicted octanol–water partition coefficient (Wildman–Crippen LogP) is 16.1. The molecule has 4 heterocycles. The molecule has 0 fully saturated rings. The van der Waals surface area contributed by atoms with Crippen molar-refractivity contribution >= 4 is 105 Å². The van der Waals surface area contributed by atoms with Crippen molar-refractivity contribution in [2.75, 3.05) is 5.32 Å². The number of anilines is 2. The van der Waals surface area contributed by atoms with Crippen LogP contribution in [0.4, 0.5) is 11.4 Å². The summed E-state index contributed by atoms with van der Waals surface area (Å²) >= 11 is 1.96. The van der Waals surface area contributed by atoms with Crippen LogP contribution < -0.4 is 16.2 Å². The van der Waals surface area contributed by atoms with Crippen LogP contribution in [0.2, 0.25) is 0 Å². The molecule has 68 heavy (non-hydrogen) atoms. The zero-order valence-corrected chi connectivity index (χ0v) is 41.4. The van der Waals surface area contributed by atoms with E-state index in [1.54, 1.807) is 0 Å². The van der Waals surface area contributed by atoms with Crippen molar-refractivity contribution in [3.8, 4) is 27.9 Å². The molecule has 11 aromatic rings. The van der Waals surface area contributed by atoms with E-state index in [1.165, 1.54) is 127 Å². The smallest absolute Gasteiger partial charge is 0.198 e. The number of para-hydroxylation sites is 1. The van der Waals surface area contributed by atoms with Gasteiger partial charge in [0.15, 0.2) is 7.28 Å². The molecular formula is C63H55BN2OS. The van der Waals surface area contributed by atoms with Crippen molar-refractivity contribution in [3.05, 3.63) is 161 Å². The first kappa shape index (κ1) is 40.5. The van der Waals surface area contributed by atoms with Gasteiger partial charge in [-0.05, 0) is 134 Å². The normalized spacial score (nSPS) is 16.4. The van der Waals surface area contributed by atoms with Crippen LogP contribution in [0.25, 0.3) is 91.9 Å². The average Bonchev–Trinajstić information content (AvgIpc) is 4.03. The number of fused-ring (bicyclic) bond motifs is 15. The Labute approximate surface area is 403 Å². The molecule has 0 saturated carbocycles. The van der Waals surface area contributed by atoms with Gasteiger partial charge in [-0.15, -0.1) is 11.3 Å². The lowest BCUT2D eigenvalue weighted by Gasteiger charge is -2.41. The zero-order valence-electron chi connectivity index (χ0n) is 40.6. The molecule has 3 aromatic heterocycles. The molecule has 0 bridgehead atoms. The van der Waals surface area contributed by atoms with Crippen LogP contribution in [0.15, 0.2) is 138 Å². The van der Waals surface area contributed by atoms with Gasteiger partial charge in [0.25, 0.3) is 0 Å². The minimum Gasteiger partial charge on any atom is -0.456 e. The number of nitrogens with one attached hydrogen (secondary N) is 1. The summed E-state index contributed by atoms with van der Waals surface area (Å²) in [6, 6.07) is 51.4. The molecule has 1 aliphatic heterocycles. The molecule has 332 valence electrons. The summed E-state index contributed by atoms with van der Waals surface area (Å²) in [5.74, 6) is 0. The maximum absolute atomic E-state index is 6.63. The maximum Gasteiger partial charge on any atom is 0.198 e. The van der Waals surface area contributed by atoms with Gasteiger partial charge >= 0.3 is 0 Å². The first-order valence-electron chi connectivity index (χ1n) is 24.7. The van der Waals surface area contributed by atoms with Crippen molar-refractivity contribution < 1.29 is 4.42 Å². The van der Waals surface area contributed by atoms with Crippen molar-refractivity contribution in [2.45, 2.75) is 96.8 Å². The topological polar surface area (TPSA) is 30.1 Å². The first-order valence-corrected chi connectivity index (χ1v) is 25.5. The van der Waals surface area contributed by atoms with Gasteiger partial charge in [-0.2, -0.15) is 0 Å². The molecule has 0 radical (unpaired) electrons. The second-order valence-electron chi connectivity index (χ2n) is 23.3. The molecule has 8 aromatic carbocycles. The van der Waals surface area contributed by atoms with Crippen molar-refractivity contribution in [1.29, 1.82) is 0 Å². The molecule has 0 atom stereocenters. The highest BCUT2D eigenvalue weighted by molar-refractivity contribution is 7.25. The van der Waals surface area contributed by atoms with Crippen molar-refractivity contribution in [2.24, 2.45) is 0 Å². The van der Waals surface area contributed by atoms with Crippen LogP contribution in [0.5, 0.6) is 0 Å². The molecule has 0 saturated heterocycles. The fourth-order valence-corrected chi connectivity index (χ4v) is 14.0. The Balaban J connectivity index is 1.06. The Morgan fingerprint density at radius 1 is 0.559 bits per heavy atom. The molecule has 3 nitrogen and oxygen atoms in total. The summed E-state index contributed by atoms with van der Waals surface area (Å²) in [5.41, 5.74) is 23.1. The lowest BCUT2D eigenvalue weighted by molar-refractivity contribution is 0.332. The third-order valence-corrected chi connectivity index (χ3v) is 17.9. The lowest BCUT2D eigenvalue weighted by atomic mass is 9.59. The van der Waals surface area contributed by atoms with Crippen LogP contribution in [0.3, 0.4) is 0 Å². The standard InChI is InChI=1S/C63H55BN2OS/c1-60(2,3)34-18-20-35(21-19-34)65-51-29-45-44-27-48-49(62(6,7)25-24-61(48,4)5)32-57(44)68-56(45)31-41(51)38-22-23-39-42-26-47-40(36-14-10-12-16-46(36)63(47,8)9)30-52(42)66-53-33-55-43(28-50(53)64-58(38)59(39)66)37-15-11-13-17-54(37)67-55/h10-23,26-33,64-65H,24-25H2,1-9H3. The lowest BCUT2D eigenvalue weighted by Crippen LogP contribution is -2.37. The van der Waals surface area contributed by atoms with Gasteiger partial charge in [-0.25, -0.2) is 0 Å². The second kappa shape index (κ2) is 13.4. The Morgan fingerprint density at radius 3 is 2.06 bits per heavy atom. The van der Waals surface area contributed by atoms with Gasteiger partial charge in [-0.3, -0.25) is 0 Å². The predicted molar refractivity (Wildman–Crippen MR) is 294 cm³/mol. The summed E-state index contributed by atoms with van der Waals surface area (Å²) in [6.45, 7) is 21.4. The van der Waals surface area contributed by atoms with Crippen LogP contribution in [0, 0.1) is 0 Å². The van der Waals surface area contributed by atoms with Crippen LogP contribution in [0.1, 0.15) is 103 Å². The molecule has 14 rings (SSSR count). The summed E-state index contributed by atoms with van der Waals surface area (Å²) in [5, 5.41) is 11.7. The van der Waals surface area contributed by atoms with Gasteiger partial charge < -0.3 is 14.3 Å². The highest BCUT2D eigenvalue weighted by atomic mass is 32.1. The third kappa shape index (κ3) is 5.54. The number of benzene rings is 8. The third-order valence-electron chi connectivity index (χ3n) is 16.8. The van der Waals surface area contributed by atoms with Gasteiger partial charge in [0.05, 0.1) is 5.52 Å². The van der Waals surface area contributed by atoms with E-state index in [0.29, 0.717) is 0 Å². The van der Waals surface area contributed by atoms with Crippen molar-refractivity contribution in [3.63, 3.8) is 0 Å².